The lowest BCUT2D eigenvalue weighted by atomic mass is 9.95. The average molecular weight is 583 g/mol. The maximum Gasteiger partial charge on any atom is 0.267 e. The van der Waals surface area contributed by atoms with E-state index in [4.69, 9.17) is 15.1 Å². The molecule has 4 aromatic heterocycles. The zero-order chi connectivity index (χ0) is 29.5. The highest BCUT2D eigenvalue weighted by Gasteiger charge is 2.27. The Hall–Kier alpha value is -4.77. The molecule has 4 heterocycles. The van der Waals surface area contributed by atoms with Crippen LogP contribution in [0.2, 0.25) is 0 Å². The number of aryl methyl sites for hydroxylation is 2. The Kier molecular flexibility index (Phi) is 7.11. The highest BCUT2D eigenvalue weighted by Crippen LogP contribution is 2.38. The Balaban J connectivity index is 1.53. The molecular formula is C31H30N6O4S. The lowest BCUT2D eigenvalue weighted by Crippen LogP contribution is -2.32. The molecule has 42 heavy (non-hydrogen) atoms. The number of amides is 2. The van der Waals surface area contributed by atoms with Crippen LogP contribution in [0.25, 0.3) is 16.7 Å². The number of hydrogen-bond donors (Lipinski definition) is 3. The van der Waals surface area contributed by atoms with Crippen LogP contribution < -0.4 is 26.4 Å². The van der Waals surface area contributed by atoms with Gasteiger partial charge in [-0.2, -0.15) is 0 Å². The van der Waals surface area contributed by atoms with Gasteiger partial charge in [-0.3, -0.25) is 24.2 Å². The minimum Gasteiger partial charge on any atom is -0.497 e. The predicted octanol–water partition coefficient (Wildman–Crippen LogP) is 4.05. The molecule has 0 spiro atoms. The summed E-state index contributed by atoms with van der Waals surface area (Å²) < 4.78 is 8.32. The van der Waals surface area contributed by atoms with Gasteiger partial charge in [-0.15, -0.1) is 11.3 Å². The first-order valence-corrected chi connectivity index (χ1v) is 14.5. The molecule has 0 radical (unpaired) electrons. The molecule has 1 aliphatic rings. The first kappa shape index (κ1) is 27.4. The van der Waals surface area contributed by atoms with Crippen LogP contribution in [-0.2, 0) is 19.4 Å². The SMILES string of the molecule is CNC(=O)c1c(NC(=O)c2cc3c(=O)n4cccc(C)c4nc3n(Cc3ccc(OC)cc3)c2=N)sc2c1CCCC2. The van der Waals surface area contributed by atoms with Crippen LogP contribution in [0.4, 0.5) is 5.00 Å². The quantitative estimate of drug-likeness (QED) is 0.260. The summed E-state index contributed by atoms with van der Waals surface area (Å²) in [5.74, 6) is -0.132. The van der Waals surface area contributed by atoms with Crippen LogP contribution >= 0.6 is 11.3 Å². The molecule has 5 aromatic rings. The molecule has 0 atom stereocenters. The number of carbonyl (C=O) groups is 2. The van der Waals surface area contributed by atoms with Crippen LogP contribution in [-0.4, -0.2) is 39.9 Å². The van der Waals surface area contributed by atoms with Crippen LogP contribution in [0.3, 0.4) is 0 Å². The largest absolute Gasteiger partial charge is 0.497 e. The smallest absolute Gasteiger partial charge is 0.267 e. The summed E-state index contributed by atoms with van der Waals surface area (Å²) in [4.78, 5) is 46.4. The van der Waals surface area contributed by atoms with E-state index in [1.165, 1.54) is 21.8 Å². The maximum absolute atomic E-state index is 13.9. The van der Waals surface area contributed by atoms with Gasteiger partial charge in [0.15, 0.2) is 0 Å². The minimum atomic E-state index is -0.567. The molecule has 1 aliphatic carbocycles. The molecule has 3 N–H and O–H groups in total. The molecule has 2 amide bonds. The van der Waals surface area contributed by atoms with E-state index in [-0.39, 0.29) is 34.4 Å². The Morgan fingerprint density at radius 2 is 1.86 bits per heavy atom. The van der Waals surface area contributed by atoms with Crippen LogP contribution in [0.15, 0.2) is 53.5 Å². The van der Waals surface area contributed by atoms with Crippen molar-refractivity contribution in [2.24, 2.45) is 0 Å². The third kappa shape index (κ3) is 4.65. The van der Waals surface area contributed by atoms with Crippen molar-refractivity contribution < 1.29 is 14.3 Å². The van der Waals surface area contributed by atoms with E-state index >= 15 is 0 Å². The predicted molar refractivity (Wildman–Crippen MR) is 162 cm³/mol. The first-order chi connectivity index (χ1) is 20.3. The van der Waals surface area contributed by atoms with Crippen molar-refractivity contribution >= 4 is 44.8 Å². The molecule has 6 rings (SSSR count). The van der Waals surface area contributed by atoms with Crippen molar-refractivity contribution in [3.05, 3.63) is 97.2 Å². The molecule has 0 fully saturated rings. The first-order valence-electron chi connectivity index (χ1n) is 13.7. The lowest BCUT2D eigenvalue weighted by molar-refractivity contribution is 0.0963. The van der Waals surface area contributed by atoms with E-state index in [0.717, 1.165) is 47.3 Å². The van der Waals surface area contributed by atoms with E-state index in [2.05, 4.69) is 10.6 Å². The summed E-state index contributed by atoms with van der Waals surface area (Å²) in [5, 5.41) is 15.4. The molecule has 0 unspecified atom stereocenters. The van der Waals surface area contributed by atoms with Gasteiger partial charge >= 0.3 is 0 Å². The molecule has 0 aliphatic heterocycles. The van der Waals surface area contributed by atoms with E-state index in [1.807, 2.05) is 37.3 Å². The molecule has 0 saturated carbocycles. The summed E-state index contributed by atoms with van der Waals surface area (Å²) in [7, 11) is 3.16. The Morgan fingerprint density at radius 1 is 1.10 bits per heavy atom. The zero-order valence-corrected chi connectivity index (χ0v) is 24.4. The van der Waals surface area contributed by atoms with Gasteiger partial charge in [0.25, 0.3) is 17.4 Å². The third-order valence-corrected chi connectivity index (χ3v) is 8.94. The van der Waals surface area contributed by atoms with Gasteiger partial charge in [-0.1, -0.05) is 18.2 Å². The number of ether oxygens (including phenoxy) is 1. The normalized spacial score (nSPS) is 12.7. The van der Waals surface area contributed by atoms with Crippen molar-refractivity contribution in [2.45, 2.75) is 39.2 Å². The molecule has 11 heteroatoms. The number of pyridine rings is 2. The number of nitrogens with one attached hydrogen (secondary N) is 3. The number of carbonyl (C=O) groups excluding carboxylic acids is 2. The molecule has 10 nitrogen and oxygen atoms in total. The van der Waals surface area contributed by atoms with E-state index in [9.17, 15) is 14.4 Å². The number of methoxy groups -OCH3 is 1. The van der Waals surface area contributed by atoms with Crippen molar-refractivity contribution in [2.75, 3.05) is 19.5 Å². The summed E-state index contributed by atoms with van der Waals surface area (Å²) >= 11 is 1.40. The summed E-state index contributed by atoms with van der Waals surface area (Å²) in [6.45, 7) is 2.07. The second-order valence-electron chi connectivity index (χ2n) is 10.3. The number of thiophene rings is 1. The summed E-state index contributed by atoms with van der Waals surface area (Å²) in [5.41, 5.74) is 3.47. The van der Waals surface area contributed by atoms with Crippen LogP contribution in [0.1, 0.15) is 55.1 Å². The van der Waals surface area contributed by atoms with Gasteiger partial charge in [0.05, 0.1) is 30.2 Å². The fraction of sp³-hybridized carbons (Fsp3) is 0.258. The second-order valence-corrected chi connectivity index (χ2v) is 11.4. The second kappa shape index (κ2) is 10.9. The Labute approximate surface area is 245 Å². The lowest BCUT2D eigenvalue weighted by Gasteiger charge is -2.16. The average Bonchev–Trinajstić information content (AvgIpc) is 3.36. The van der Waals surface area contributed by atoms with Crippen molar-refractivity contribution in [3.8, 4) is 5.75 Å². The molecule has 1 aromatic carbocycles. The van der Waals surface area contributed by atoms with Gasteiger partial charge < -0.3 is 19.9 Å². The van der Waals surface area contributed by atoms with E-state index in [1.54, 1.807) is 31.0 Å². The number of benzene rings is 1. The Morgan fingerprint density at radius 3 is 2.60 bits per heavy atom. The molecule has 0 bridgehead atoms. The van der Waals surface area contributed by atoms with Gasteiger partial charge in [0.1, 0.15) is 27.5 Å². The van der Waals surface area contributed by atoms with Gasteiger partial charge in [-0.25, -0.2) is 4.98 Å². The van der Waals surface area contributed by atoms with Crippen molar-refractivity contribution in [1.82, 2.24) is 19.3 Å². The van der Waals surface area contributed by atoms with Crippen molar-refractivity contribution in [3.63, 3.8) is 0 Å². The molecule has 214 valence electrons. The topological polar surface area (TPSA) is 131 Å². The number of aromatic nitrogens is 3. The highest BCUT2D eigenvalue weighted by atomic mass is 32.1. The number of nitrogens with zero attached hydrogens (tertiary/aromatic N) is 3. The van der Waals surface area contributed by atoms with Crippen LogP contribution in [0.5, 0.6) is 5.75 Å². The number of hydrogen-bond acceptors (Lipinski definition) is 7. The fourth-order valence-corrected chi connectivity index (χ4v) is 6.81. The standard InChI is InChI=1S/C31H30N6O4S/c1-17-7-6-14-36-26(17)34-27-22(31(36)40)15-21(25(32)37(27)16-18-10-12-19(41-3)13-11-18)28(38)35-30-24(29(39)33-2)20-8-4-5-9-23(20)42-30/h6-7,10-15,32H,4-5,8-9,16H2,1-3H3,(H,33,39)(H,35,38). The molecular weight excluding hydrogens is 552 g/mol. The zero-order valence-electron chi connectivity index (χ0n) is 23.5. The Bertz CT molecular complexity index is 2010. The summed E-state index contributed by atoms with van der Waals surface area (Å²) in [6.07, 6.45) is 5.30. The van der Waals surface area contributed by atoms with E-state index in [0.29, 0.717) is 27.6 Å². The van der Waals surface area contributed by atoms with Gasteiger partial charge in [-0.05, 0) is 73.6 Å². The monoisotopic (exact) mass is 582 g/mol. The molecule has 0 saturated heterocycles. The van der Waals surface area contributed by atoms with E-state index < -0.39 is 5.91 Å². The highest BCUT2D eigenvalue weighted by molar-refractivity contribution is 7.17. The number of anilines is 1. The maximum atomic E-state index is 13.9. The summed E-state index contributed by atoms with van der Waals surface area (Å²) in [6, 6.07) is 12.5. The van der Waals surface area contributed by atoms with Gasteiger partial charge in [0, 0.05) is 18.1 Å². The van der Waals surface area contributed by atoms with Crippen LogP contribution in [0, 0.1) is 12.3 Å². The van der Waals surface area contributed by atoms with Gasteiger partial charge in [0.2, 0.25) is 0 Å². The minimum absolute atomic E-state index is 0.0109. The third-order valence-electron chi connectivity index (χ3n) is 7.73. The van der Waals surface area contributed by atoms with Crippen molar-refractivity contribution in [1.29, 1.82) is 5.41 Å². The number of fused-ring (bicyclic) bond motifs is 3. The number of rotatable bonds is 6. The fourth-order valence-electron chi connectivity index (χ4n) is 5.53.